The Morgan fingerprint density at radius 3 is 2.69 bits per heavy atom. The molecule has 0 spiro atoms. The lowest BCUT2D eigenvalue weighted by Crippen LogP contribution is -2.10. The number of thiophene rings is 1. The van der Waals surface area contributed by atoms with Gasteiger partial charge in [-0.05, 0) is 29.8 Å². The standard InChI is InChI=1S/C12H11NOS2/c1-15-10-7-8-16-11(10)12(14)13-9-5-3-2-4-6-9/h2-8H,1H3,(H,13,14). The van der Waals surface area contributed by atoms with Gasteiger partial charge in [0.15, 0.2) is 0 Å². The van der Waals surface area contributed by atoms with E-state index in [1.807, 2.05) is 48.0 Å². The first-order valence-corrected chi connectivity index (χ1v) is 6.89. The monoisotopic (exact) mass is 249 g/mol. The predicted octanol–water partition coefficient (Wildman–Crippen LogP) is 3.72. The maximum atomic E-state index is 11.9. The third-order valence-corrected chi connectivity index (χ3v) is 3.91. The molecule has 2 rings (SSSR count). The summed E-state index contributed by atoms with van der Waals surface area (Å²) in [6.07, 6.45) is 1.97. The van der Waals surface area contributed by atoms with Gasteiger partial charge in [-0.15, -0.1) is 23.1 Å². The summed E-state index contributed by atoms with van der Waals surface area (Å²) in [5.74, 6) is -0.0365. The highest BCUT2D eigenvalue weighted by molar-refractivity contribution is 7.98. The van der Waals surface area contributed by atoms with Crippen molar-refractivity contribution >= 4 is 34.7 Å². The Balaban J connectivity index is 2.15. The van der Waals surface area contributed by atoms with Gasteiger partial charge in [0.1, 0.15) is 4.88 Å². The van der Waals surface area contributed by atoms with E-state index in [1.54, 1.807) is 11.8 Å². The zero-order valence-corrected chi connectivity index (χ0v) is 10.4. The van der Waals surface area contributed by atoms with E-state index in [4.69, 9.17) is 0 Å². The Kier molecular flexibility index (Phi) is 3.64. The van der Waals surface area contributed by atoms with Gasteiger partial charge in [-0.1, -0.05) is 18.2 Å². The van der Waals surface area contributed by atoms with E-state index in [9.17, 15) is 4.79 Å². The van der Waals surface area contributed by atoms with E-state index in [2.05, 4.69) is 5.32 Å². The molecule has 0 aliphatic carbocycles. The summed E-state index contributed by atoms with van der Waals surface area (Å²) < 4.78 is 0. The largest absolute Gasteiger partial charge is 0.321 e. The minimum absolute atomic E-state index is 0.0365. The van der Waals surface area contributed by atoms with Gasteiger partial charge >= 0.3 is 0 Å². The zero-order valence-electron chi connectivity index (χ0n) is 8.77. The SMILES string of the molecule is CSc1ccsc1C(=O)Nc1ccccc1. The van der Waals surface area contributed by atoms with Crippen LogP contribution in [0.2, 0.25) is 0 Å². The number of para-hydroxylation sites is 1. The fourth-order valence-corrected chi connectivity index (χ4v) is 2.98. The molecular weight excluding hydrogens is 238 g/mol. The molecular formula is C12H11NOS2. The molecule has 0 saturated heterocycles. The van der Waals surface area contributed by atoms with Crippen LogP contribution in [0.3, 0.4) is 0 Å². The van der Waals surface area contributed by atoms with Gasteiger partial charge < -0.3 is 5.32 Å². The van der Waals surface area contributed by atoms with Crippen molar-refractivity contribution in [1.82, 2.24) is 0 Å². The van der Waals surface area contributed by atoms with Crippen LogP contribution in [-0.2, 0) is 0 Å². The molecule has 4 heteroatoms. The smallest absolute Gasteiger partial charge is 0.266 e. The summed E-state index contributed by atoms with van der Waals surface area (Å²) in [6.45, 7) is 0. The lowest BCUT2D eigenvalue weighted by molar-refractivity contribution is 0.102. The maximum Gasteiger partial charge on any atom is 0.266 e. The first-order valence-electron chi connectivity index (χ1n) is 4.79. The second kappa shape index (κ2) is 5.18. The van der Waals surface area contributed by atoms with Crippen molar-refractivity contribution in [2.24, 2.45) is 0 Å². The van der Waals surface area contributed by atoms with E-state index in [1.165, 1.54) is 11.3 Å². The lowest BCUT2D eigenvalue weighted by Gasteiger charge is -2.04. The summed E-state index contributed by atoms with van der Waals surface area (Å²) in [5, 5.41) is 4.81. The summed E-state index contributed by atoms with van der Waals surface area (Å²) in [7, 11) is 0. The van der Waals surface area contributed by atoms with Crippen molar-refractivity contribution in [3.8, 4) is 0 Å². The van der Waals surface area contributed by atoms with Crippen LogP contribution in [0.15, 0.2) is 46.7 Å². The highest BCUT2D eigenvalue weighted by Gasteiger charge is 2.12. The van der Waals surface area contributed by atoms with Crippen molar-refractivity contribution in [2.75, 3.05) is 11.6 Å². The minimum Gasteiger partial charge on any atom is -0.321 e. The van der Waals surface area contributed by atoms with Crippen LogP contribution in [0.4, 0.5) is 5.69 Å². The molecule has 2 aromatic rings. The Labute approximate surface area is 103 Å². The minimum atomic E-state index is -0.0365. The van der Waals surface area contributed by atoms with Crippen LogP contribution in [-0.4, -0.2) is 12.2 Å². The zero-order chi connectivity index (χ0) is 11.4. The number of hydrogen-bond acceptors (Lipinski definition) is 3. The van der Waals surface area contributed by atoms with Crippen molar-refractivity contribution in [2.45, 2.75) is 4.90 Å². The Morgan fingerprint density at radius 2 is 2.00 bits per heavy atom. The molecule has 0 bridgehead atoms. The topological polar surface area (TPSA) is 29.1 Å². The van der Waals surface area contributed by atoms with E-state index in [0.717, 1.165) is 15.5 Å². The Bertz CT molecular complexity index is 479. The van der Waals surface area contributed by atoms with Crippen molar-refractivity contribution in [1.29, 1.82) is 0 Å². The van der Waals surface area contributed by atoms with Crippen LogP contribution in [0.25, 0.3) is 0 Å². The number of amides is 1. The third-order valence-electron chi connectivity index (χ3n) is 2.09. The first-order chi connectivity index (χ1) is 7.81. The molecule has 0 saturated carbocycles. The number of rotatable bonds is 3. The second-order valence-corrected chi connectivity index (χ2v) is 4.90. The number of carbonyl (C=O) groups excluding carboxylic acids is 1. The number of nitrogens with one attached hydrogen (secondary N) is 1. The van der Waals surface area contributed by atoms with E-state index < -0.39 is 0 Å². The molecule has 0 atom stereocenters. The van der Waals surface area contributed by atoms with Crippen molar-refractivity contribution in [3.63, 3.8) is 0 Å². The summed E-state index contributed by atoms with van der Waals surface area (Å²) in [5.41, 5.74) is 0.827. The van der Waals surface area contributed by atoms with E-state index in [-0.39, 0.29) is 5.91 Å². The van der Waals surface area contributed by atoms with Gasteiger partial charge in [-0.2, -0.15) is 0 Å². The molecule has 1 amide bonds. The van der Waals surface area contributed by atoms with Gasteiger partial charge in [0, 0.05) is 10.6 Å². The molecule has 1 N–H and O–H groups in total. The predicted molar refractivity (Wildman–Crippen MR) is 70.5 cm³/mol. The van der Waals surface area contributed by atoms with Crippen LogP contribution in [0.5, 0.6) is 0 Å². The summed E-state index contributed by atoms with van der Waals surface area (Å²) in [6, 6.07) is 11.5. The van der Waals surface area contributed by atoms with Crippen LogP contribution >= 0.6 is 23.1 Å². The molecule has 1 heterocycles. The number of anilines is 1. The average Bonchev–Trinajstić information content (AvgIpc) is 2.78. The summed E-state index contributed by atoms with van der Waals surface area (Å²) in [4.78, 5) is 13.7. The average molecular weight is 249 g/mol. The van der Waals surface area contributed by atoms with Gasteiger partial charge in [0.2, 0.25) is 0 Å². The molecule has 0 aliphatic heterocycles. The molecule has 1 aromatic carbocycles. The maximum absolute atomic E-state index is 11.9. The molecule has 1 aromatic heterocycles. The van der Waals surface area contributed by atoms with Gasteiger partial charge in [0.25, 0.3) is 5.91 Å². The molecule has 82 valence electrons. The van der Waals surface area contributed by atoms with Crippen LogP contribution in [0.1, 0.15) is 9.67 Å². The fraction of sp³-hybridized carbons (Fsp3) is 0.0833. The van der Waals surface area contributed by atoms with Crippen molar-refractivity contribution in [3.05, 3.63) is 46.7 Å². The van der Waals surface area contributed by atoms with Gasteiger partial charge in [0.05, 0.1) is 0 Å². The molecule has 0 aliphatic rings. The highest BCUT2D eigenvalue weighted by atomic mass is 32.2. The number of thioether (sulfide) groups is 1. The third kappa shape index (κ3) is 2.46. The van der Waals surface area contributed by atoms with Crippen LogP contribution < -0.4 is 5.32 Å². The Morgan fingerprint density at radius 1 is 1.25 bits per heavy atom. The lowest BCUT2D eigenvalue weighted by atomic mass is 10.3. The molecule has 0 fully saturated rings. The van der Waals surface area contributed by atoms with Gasteiger partial charge in [-0.25, -0.2) is 0 Å². The first kappa shape index (κ1) is 11.2. The van der Waals surface area contributed by atoms with Crippen LogP contribution in [0, 0.1) is 0 Å². The van der Waals surface area contributed by atoms with Crippen molar-refractivity contribution < 1.29 is 4.79 Å². The quantitative estimate of drug-likeness (QED) is 0.840. The normalized spacial score (nSPS) is 10.1. The highest BCUT2D eigenvalue weighted by Crippen LogP contribution is 2.26. The molecule has 16 heavy (non-hydrogen) atoms. The van der Waals surface area contributed by atoms with E-state index in [0.29, 0.717) is 0 Å². The Hall–Kier alpha value is -1.26. The molecule has 0 unspecified atom stereocenters. The van der Waals surface area contributed by atoms with Gasteiger partial charge in [-0.3, -0.25) is 4.79 Å². The molecule has 2 nitrogen and oxygen atoms in total. The summed E-state index contributed by atoms with van der Waals surface area (Å²) >= 11 is 3.06. The fourth-order valence-electron chi connectivity index (χ4n) is 1.33. The molecule has 0 radical (unpaired) electrons. The number of carbonyl (C=O) groups is 1. The van der Waals surface area contributed by atoms with E-state index >= 15 is 0 Å². The second-order valence-electron chi connectivity index (χ2n) is 3.14. The number of benzene rings is 1. The number of hydrogen-bond donors (Lipinski definition) is 1.